The number of halogens is 2. The van der Waals surface area contributed by atoms with Gasteiger partial charge in [0.1, 0.15) is 11.5 Å². The number of fused-ring (bicyclic) bond motifs is 6. The van der Waals surface area contributed by atoms with Crippen LogP contribution < -0.4 is 15.8 Å². The van der Waals surface area contributed by atoms with Gasteiger partial charge in [0.05, 0.1) is 51.0 Å². The zero-order chi connectivity index (χ0) is 32.6. The number of pyridine rings is 2. The summed E-state index contributed by atoms with van der Waals surface area (Å²) >= 11 is 7.40. The molecule has 2 atom stereocenters. The SMILES string of the molecule is C=CC(=O)N1CC2CNc3c(c4cc(F)c(-c5c(C)ccc6[nH]cnc56)c(Cl)c4n(-c4c(C)ccnc4C(C)C)c3=O)N2CC1C. The summed E-state index contributed by atoms with van der Waals surface area (Å²) in [7, 11) is 0. The topological polar surface area (TPSA) is 99.1 Å². The molecule has 2 N–H and O–H groups in total. The molecule has 0 saturated carbocycles. The van der Waals surface area contributed by atoms with E-state index in [1.54, 1.807) is 22.0 Å². The Morgan fingerprint density at radius 1 is 1.13 bits per heavy atom. The van der Waals surface area contributed by atoms with Gasteiger partial charge in [-0.2, -0.15) is 0 Å². The molecule has 1 fully saturated rings. The van der Waals surface area contributed by atoms with Gasteiger partial charge >= 0.3 is 0 Å². The van der Waals surface area contributed by atoms with E-state index in [0.717, 1.165) is 22.3 Å². The van der Waals surface area contributed by atoms with Crippen LogP contribution in [0.1, 0.15) is 43.5 Å². The van der Waals surface area contributed by atoms with Crippen molar-refractivity contribution in [1.82, 2.24) is 24.4 Å². The molecule has 2 aliphatic rings. The minimum absolute atomic E-state index is 0.0136. The molecule has 11 heteroatoms. The first-order valence-electron chi connectivity index (χ1n) is 15.5. The van der Waals surface area contributed by atoms with Crippen molar-refractivity contribution in [2.75, 3.05) is 29.9 Å². The maximum Gasteiger partial charge on any atom is 0.281 e. The van der Waals surface area contributed by atoms with Gasteiger partial charge in [-0.05, 0) is 62.1 Å². The number of imidazole rings is 1. The Balaban J connectivity index is 1.61. The number of anilines is 2. The molecular formula is C35H35ClFN7O2. The second kappa shape index (κ2) is 11.0. The lowest BCUT2D eigenvalue weighted by atomic mass is 9.94. The molecule has 5 heterocycles. The monoisotopic (exact) mass is 639 g/mol. The molecule has 236 valence electrons. The van der Waals surface area contributed by atoms with Crippen LogP contribution in [-0.4, -0.2) is 62.0 Å². The molecule has 2 unspecified atom stereocenters. The number of amides is 1. The molecule has 3 aromatic heterocycles. The minimum atomic E-state index is -0.522. The number of rotatable bonds is 4. The summed E-state index contributed by atoms with van der Waals surface area (Å²) in [5.41, 5.74) is 6.12. The largest absolute Gasteiger partial charge is 0.377 e. The molecule has 0 bridgehead atoms. The number of H-pyrrole nitrogens is 1. The van der Waals surface area contributed by atoms with Gasteiger partial charge in [-0.1, -0.05) is 38.1 Å². The molecule has 46 heavy (non-hydrogen) atoms. The van der Waals surface area contributed by atoms with Crippen molar-refractivity contribution in [2.45, 2.75) is 52.6 Å². The van der Waals surface area contributed by atoms with Crippen LogP contribution in [0.15, 0.2) is 54.2 Å². The van der Waals surface area contributed by atoms with Gasteiger partial charge in [-0.25, -0.2) is 9.37 Å². The number of nitrogens with one attached hydrogen (secondary N) is 2. The predicted octanol–water partition coefficient (Wildman–Crippen LogP) is 6.48. The van der Waals surface area contributed by atoms with Crippen LogP contribution in [0.25, 0.3) is 38.8 Å². The van der Waals surface area contributed by atoms with Crippen LogP contribution in [0.5, 0.6) is 0 Å². The number of piperazine rings is 1. The number of carbonyl (C=O) groups is 1. The van der Waals surface area contributed by atoms with Crippen molar-refractivity contribution in [3.63, 3.8) is 0 Å². The van der Waals surface area contributed by atoms with Gasteiger partial charge in [0, 0.05) is 48.4 Å². The molecule has 5 aromatic rings. The van der Waals surface area contributed by atoms with Crippen molar-refractivity contribution < 1.29 is 9.18 Å². The Kier molecular flexibility index (Phi) is 7.15. The first kappa shape index (κ1) is 30.0. The third kappa shape index (κ3) is 4.34. The highest BCUT2D eigenvalue weighted by Crippen LogP contribution is 2.47. The van der Waals surface area contributed by atoms with E-state index in [0.29, 0.717) is 58.7 Å². The van der Waals surface area contributed by atoms with Crippen molar-refractivity contribution in [3.05, 3.63) is 87.5 Å². The predicted molar refractivity (Wildman–Crippen MR) is 182 cm³/mol. The fourth-order valence-corrected chi connectivity index (χ4v) is 7.57. The van der Waals surface area contributed by atoms with Crippen molar-refractivity contribution in [1.29, 1.82) is 0 Å². The molecule has 1 amide bonds. The number of benzene rings is 2. The Morgan fingerprint density at radius 3 is 2.65 bits per heavy atom. The summed E-state index contributed by atoms with van der Waals surface area (Å²) < 4.78 is 18.4. The molecule has 0 radical (unpaired) electrons. The number of carbonyl (C=O) groups excluding carboxylic acids is 1. The second-order valence-electron chi connectivity index (χ2n) is 12.6. The zero-order valence-corrected chi connectivity index (χ0v) is 27.2. The Hall–Kier alpha value is -4.70. The van der Waals surface area contributed by atoms with Crippen molar-refractivity contribution in [3.8, 4) is 16.8 Å². The average molecular weight is 640 g/mol. The highest BCUT2D eigenvalue weighted by Gasteiger charge is 2.40. The normalized spacial score (nSPS) is 17.7. The molecule has 2 aliphatic heterocycles. The summed E-state index contributed by atoms with van der Waals surface area (Å²) in [5, 5.41) is 3.98. The summed E-state index contributed by atoms with van der Waals surface area (Å²) in [5.74, 6) is -0.681. The minimum Gasteiger partial charge on any atom is -0.377 e. The molecule has 7 rings (SSSR count). The Bertz CT molecular complexity index is 2150. The fourth-order valence-electron chi connectivity index (χ4n) is 7.20. The highest BCUT2D eigenvalue weighted by molar-refractivity contribution is 6.39. The van der Waals surface area contributed by atoms with E-state index in [2.05, 4.69) is 26.8 Å². The van der Waals surface area contributed by atoms with Gasteiger partial charge in [0.25, 0.3) is 5.56 Å². The first-order chi connectivity index (χ1) is 22.0. The highest BCUT2D eigenvalue weighted by atomic mass is 35.5. The molecular weight excluding hydrogens is 605 g/mol. The maximum absolute atomic E-state index is 16.8. The number of hydrogen-bond donors (Lipinski definition) is 2. The lowest BCUT2D eigenvalue weighted by Gasteiger charge is -2.49. The average Bonchev–Trinajstić information content (AvgIpc) is 3.51. The van der Waals surface area contributed by atoms with Gasteiger partial charge in [-0.3, -0.25) is 19.1 Å². The third-order valence-electron chi connectivity index (χ3n) is 9.40. The standard InChI is InChI=1S/C35H35ClFN7O2/c1-7-25(45)42-15-21-13-39-31-34(43(21)14-20(42)6)22-12-23(37)27(26-18(4)8-9-24-30(26)41-16-40-24)28(36)33(22)44(35(31)46)32-19(5)10-11-38-29(32)17(2)3/h7-12,16-17,20-21,39H,1,13-15H2,2-6H3,(H,40,41). The quantitative estimate of drug-likeness (QED) is 0.219. The van der Waals surface area contributed by atoms with Gasteiger partial charge in [-0.15, -0.1) is 0 Å². The summed E-state index contributed by atoms with van der Waals surface area (Å²) in [4.78, 5) is 43.8. The number of nitrogens with zero attached hydrogens (tertiary/aromatic N) is 5. The first-order valence-corrected chi connectivity index (χ1v) is 15.8. The van der Waals surface area contributed by atoms with Gasteiger partial charge in [0.2, 0.25) is 5.91 Å². The number of aromatic nitrogens is 4. The molecule has 0 aliphatic carbocycles. The van der Waals surface area contributed by atoms with Crippen LogP contribution in [0.3, 0.4) is 0 Å². The van der Waals surface area contributed by atoms with Crippen molar-refractivity contribution >= 4 is 50.8 Å². The lowest BCUT2D eigenvalue weighted by Crippen LogP contribution is -2.62. The smallest absolute Gasteiger partial charge is 0.281 e. The molecule has 9 nitrogen and oxygen atoms in total. The van der Waals surface area contributed by atoms with E-state index in [4.69, 9.17) is 16.6 Å². The maximum atomic E-state index is 16.8. The van der Waals surface area contributed by atoms with Crippen LogP contribution in [-0.2, 0) is 4.79 Å². The van der Waals surface area contributed by atoms with E-state index in [-0.39, 0.29) is 40.1 Å². The molecule has 2 aromatic carbocycles. The number of aryl methyl sites for hydroxylation is 2. The van der Waals surface area contributed by atoms with E-state index in [9.17, 15) is 9.59 Å². The zero-order valence-electron chi connectivity index (χ0n) is 26.4. The van der Waals surface area contributed by atoms with E-state index >= 15 is 4.39 Å². The van der Waals surface area contributed by atoms with E-state index in [1.807, 2.05) is 52.8 Å². The van der Waals surface area contributed by atoms with E-state index < -0.39 is 5.82 Å². The van der Waals surface area contributed by atoms with Gasteiger partial charge < -0.3 is 20.1 Å². The van der Waals surface area contributed by atoms with Crippen LogP contribution >= 0.6 is 11.6 Å². The lowest BCUT2D eigenvalue weighted by molar-refractivity contribution is -0.128. The number of aromatic amines is 1. The summed E-state index contributed by atoms with van der Waals surface area (Å²) in [6, 6.07) is 6.84. The van der Waals surface area contributed by atoms with Crippen molar-refractivity contribution in [2.24, 2.45) is 0 Å². The molecule has 0 spiro atoms. The molecule has 1 saturated heterocycles. The van der Waals surface area contributed by atoms with Crippen LogP contribution in [0.2, 0.25) is 5.02 Å². The van der Waals surface area contributed by atoms with Crippen LogP contribution in [0.4, 0.5) is 15.8 Å². The van der Waals surface area contributed by atoms with E-state index in [1.165, 1.54) is 12.1 Å². The number of hydrogen-bond acceptors (Lipinski definition) is 6. The third-order valence-corrected chi connectivity index (χ3v) is 9.77. The summed E-state index contributed by atoms with van der Waals surface area (Å²) in [6.45, 7) is 14.8. The Labute approximate surface area is 270 Å². The Morgan fingerprint density at radius 2 is 1.91 bits per heavy atom. The summed E-state index contributed by atoms with van der Waals surface area (Å²) in [6.07, 6.45) is 4.64. The second-order valence-corrected chi connectivity index (χ2v) is 13.0. The van der Waals surface area contributed by atoms with Gasteiger partial charge in [0.15, 0.2) is 0 Å². The van der Waals surface area contributed by atoms with Crippen LogP contribution in [0, 0.1) is 19.7 Å². The fraction of sp³-hybridized carbons (Fsp3) is 0.314.